The van der Waals surface area contributed by atoms with E-state index >= 15 is 0 Å². The molecule has 2 atom stereocenters. The van der Waals surface area contributed by atoms with E-state index in [1.165, 1.54) is 28.4 Å². The molecular weight excluding hydrogens is 403 g/mol. The van der Waals surface area contributed by atoms with Crippen LogP contribution in [0.4, 0.5) is 4.39 Å². The molecule has 1 aromatic carbocycles. The van der Waals surface area contributed by atoms with Crippen LogP contribution in [0.3, 0.4) is 0 Å². The van der Waals surface area contributed by atoms with E-state index in [9.17, 15) is 14.0 Å². The van der Waals surface area contributed by atoms with Crippen LogP contribution in [-0.4, -0.2) is 28.2 Å². The van der Waals surface area contributed by atoms with Crippen LogP contribution >= 0.6 is 11.3 Å². The van der Waals surface area contributed by atoms with E-state index in [-0.39, 0.29) is 42.1 Å². The van der Waals surface area contributed by atoms with Gasteiger partial charge in [0.15, 0.2) is 5.96 Å². The van der Waals surface area contributed by atoms with Gasteiger partial charge in [0, 0.05) is 10.4 Å². The lowest BCUT2D eigenvalue weighted by Crippen LogP contribution is -2.62. The zero-order valence-electron chi connectivity index (χ0n) is 17.6. The van der Waals surface area contributed by atoms with E-state index in [4.69, 9.17) is 5.41 Å². The number of hydrogen-bond acceptors (Lipinski definition) is 4. The second-order valence-electron chi connectivity index (χ2n) is 8.22. The van der Waals surface area contributed by atoms with Crippen molar-refractivity contribution in [1.82, 2.24) is 15.5 Å². The first-order valence-electron chi connectivity index (χ1n) is 9.91. The highest BCUT2D eigenvalue weighted by atomic mass is 32.1. The number of carbonyl (C=O) groups is 2. The van der Waals surface area contributed by atoms with Crippen LogP contribution in [0.15, 0.2) is 36.4 Å². The minimum Gasteiger partial charge on any atom is -0.350 e. The van der Waals surface area contributed by atoms with Crippen molar-refractivity contribution in [3.05, 3.63) is 57.5 Å². The second-order valence-corrected chi connectivity index (χ2v) is 9.39. The first-order valence-corrected chi connectivity index (χ1v) is 10.7. The van der Waals surface area contributed by atoms with Gasteiger partial charge in [-0.25, -0.2) is 4.39 Å². The molecule has 3 rings (SSSR count). The van der Waals surface area contributed by atoms with Crippen LogP contribution in [0.5, 0.6) is 0 Å². The van der Waals surface area contributed by atoms with Gasteiger partial charge in [-0.15, -0.1) is 11.3 Å². The maximum Gasteiger partial charge on any atom is 0.261 e. The summed E-state index contributed by atoms with van der Waals surface area (Å²) in [5.74, 6) is -0.409. The van der Waals surface area contributed by atoms with Gasteiger partial charge in [0.05, 0.1) is 23.9 Å². The van der Waals surface area contributed by atoms with Crippen molar-refractivity contribution < 1.29 is 14.0 Å². The van der Waals surface area contributed by atoms with Gasteiger partial charge in [0.2, 0.25) is 5.91 Å². The molecule has 0 unspecified atom stereocenters. The Kier molecular flexibility index (Phi) is 6.26. The van der Waals surface area contributed by atoms with E-state index in [1.807, 2.05) is 20.8 Å². The Morgan fingerprint density at radius 1 is 1.33 bits per heavy atom. The van der Waals surface area contributed by atoms with Gasteiger partial charge in [0.1, 0.15) is 5.82 Å². The number of carbonyl (C=O) groups excluding carboxylic acids is 2. The number of thiophene rings is 1. The summed E-state index contributed by atoms with van der Waals surface area (Å²) < 4.78 is 13.4. The van der Waals surface area contributed by atoms with Gasteiger partial charge < -0.3 is 10.6 Å². The van der Waals surface area contributed by atoms with Crippen molar-refractivity contribution >= 4 is 29.1 Å². The van der Waals surface area contributed by atoms with Gasteiger partial charge in [0.25, 0.3) is 5.91 Å². The average Bonchev–Trinajstić information content (AvgIpc) is 3.13. The third-order valence-electron chi connectivity index (χ3n) is 5.66. The molecule has 3 N–H and O–H groups in total. The number of halogens is 1. The van der Waals surface area contributed by atoms with Crippen LogP contribution in [0.1, 0.15) is 60.3 Å². The highest BCUT2D eigenvalue weighted by molar-refractivity contribution is 7.14. The third-order valence-corrected chi connectivity index (χ3v) is 6.73. The van der Waals surface area contributed by atoms with Crippen LogP contribution in [-0.2, 0) is 11.3 Å². The largest absolute Gasteiger partial charge is 0.350 e. The van der Waals surface area contributed by atoms with Crippen molar-refractivity contribution in [3.63, 3.8) is 0 Å². The Morgan fingerprint density at radius 2 is 2.07 bits per heavy atom. The van der Waals surface area contributed by atoms with Gasteiger partial charge in [-0.05, 0) is 49.6 Å². The number of nitrogens with zero attached hydrogens (tertiary/aromatic N) is 1. The standard InChI is InChI=1S/C22H27FN4O2S/c1-13(2)22(4)11-19(28)27(21(24)26-22)12-17-8-9-18(30-17)20(29)25-14(3)15-6-5-7-16(23)10-15/h5-10,13-14H,11-12H2,1-4H3,(H2,24,26)(H,25,29)/t14-,22-/m0/s1. The van der Waals surface area contributed by atoms with Crippen molar-refractivity contribution in [2.75, 3.05) is 0 Å². The first kappa shape index (κ1) is 22.0. The fraction of sp³-hybridized carbons (Fsp3) is 0.409. The summed E-state index contributed by atoms with van der Waals surface area (Å²) in [4.78, 5) is 27.9. The Balaban J connectivity index is 1.64. The molecular formula is C22H27FN4O2S. The minimum absolute atomic E-state index is 0.0848. The molecule has 2 amide bonds. The van der Waals surface area contributed by atoms with Gasteiger partial charge in [-0.3, -0.25) is 19.9 Å². The molecule has 1 aliphatic heterocycles. The van der Waals surface area contributed by atoms with E-state index in [2.05, 4.69) is 10.6 Å². The zero-order valence-corrected chi connectivity index (χ0v) is 18.4. The van der Waals surface area contributed by atoms with E-state index in [0.717, 1.165) is 4.88 Å². The van der Waals surface area contributed by atoms with Crippen molar-refractivity contribution in [2.24, 2.45) is 5.92 Å². The summed E-state index contributed by atoms with van der Waals surface area (Å²) in [5, 5.41) is 14.3. The molecule has 1 aromatic heterocycles. The predicted octanol–water partition coefficient (Wildman–Crippen LogP) is 4.05. The average molecular weight is 431 g/mol. The van der Waals surface area contributed by atoms with E-state index < -0.39 is 5.54 Å². The molecule has 2 heterocycles. The molecule has 1 aliphatic rings. The lowest BCUT2D eigenvalue weighted by atomic mass is 9.83. The molecule has 30 heavy (non-hydrogen) atoms. The van der Waals surface area contributed by atoms with E-state index in [0.29, 0.717) is 16.9 Å². The second kappa shape index (κ2) is 8.55. The van der Waals surface area contributed by atoms with Crippen molar-refractivity contribution in [2.45, 2.75) is 52.2 Å². The fourth-order valence-electron chi connectivity index (χ4n) is 3.30. The molecule has 6 nitrogen and oxygen atoms in total. The van der Waals surface area contributed by atoms with Crippen molar-refractivity contribution in [1.29, 1.82) is 5.41 Å². The third kappa shape index (κ3) is 4.70. The van der Waals surface area contributed by atoms with Crippen LogP contribution in [0.2, 0.25) is 0 Å². The number of hydrogen-bond donors (Lipinski definition) is 3. The summed E-state index contributed by atoms with van der Waals surface area (Å²) in [7, 11) is 0. The molecule has 0 saturated carbocycles. The highest BCUT2D eigenvalue weighted by Crippen LogP contribution is 2.28. The normalized spacial score (nSPS) is 20.3. The zero-order chi connectivity index (χ0) is 22.1. The van der Waals surface area contributed by atoms with E-state index in [1.54, 1.807) is 31.2 Å². The Labute approximate surface area is 180 Å². The fourth-order valence-corrected chi connectivity index (χ4v) is 4.20. The predicted molar refractivity (Wildman–Crippen MR) is 116 cm³/mol. The number of nitrogens with one attached hydrogen (secondary N) is 3. The van der Waals surface area contributed by atoms with Gasteiger partial charge in [-0.2, -0.15) is 0 Å². The molecule has 0 aliphatic carbocycles. The minimum atomic E-state index is -0.432. The maximum atomic E-state index is 13.4. The molecule has 160 valence electrons. The molecule has 0 bridgehead atoms. The quantitative estimate of drug-likeness (QED) is 0.646. The van der Waals surface area contributed by atoms with Crippen LogP contribution < -0.4 is 10.6 Å². The highest BCUT2D eigenvalue weighted by Gasteiger charge is 2.40. The summed E-state index contributed by atoms with van der Waals surface area (Å²) in [6, 6.07) is 9.30. The summed E-state index contributed by atoms with van der Waals surface area (Å²) >= 11 is 1.28. The Morgan fingerprint density at radius 3 is 2.70 bits per heavy atom. The Bertz CT molecular complexity index is 954. The molecule has 0 spiro atoms. The maximum absolute atomic E-state index is 13.4. The van der Waals surface area contributed by atoms with Gasteiger partial charge >= 0.3 is 0 Å². The monoisotopic (exact) mass is 430 g/mol. The Hall–Kier alpha value is -2.74. The van der Waals surface area contributed by atoms with Crippen LogP contribution in [0, 0.1) is 17.1 Å². The number of amides is 2. The molecule has 1 fully saturated rings. The molecule has 1 saturated heterocycles. The number of rotatable bonds is 6. The molecule has 8 heteroatoms. The lowest BCUT2D eigenvalue weighted by Gasteiger charge is -2.43. The summed E-state index contributed by atoms with van der Waals surface area (Å²) in [6.07, 6.45) is 0.316. The number of guanidine groups is 1. The summed E-state index contributed by atoms with van der Waals surface area (Å²) in [6.45, 7) is 8.05. The molecule has 0 radical (unpaired) electrons. The topological polar surface area (TPSA) is 85.3 Å². The summed E-state index contributed by atoms with van der Waals surface area (Å²) in [5.41, 5.74) is 0.254. The number of benzene rings is 1. The van der Waals surface area contributed by atoms with Crippen molar-refractivity contribution in [3.8, 4) is 0 Å². The molecule has 2 aromatic rings. The first-order chi connectivity index (χ1) is 14.1. The lowest BCUT2D eigenvalue weighted by molar-refractivity contribution is -0.131. The smallest absolute Gasteiger partial charge is 0.261 e. The van der Waals surface area contributed by atoms with Gasteiger partial charge in [-0.1, -0.05) is 26.0 Å². The SMILES string of the molecule is CC(C)[C@]1(C)CC(=O)N(Cc2ccc(C(=O)N[C@@H](C)c3cccc(F)c3)s2)C(=N)N1. The van der Waals surface area contributed by atoms with Crippen LogP contribution in [0.25, 0.3) is 0 Å².